The van der Waals surface area contributed by atoms with Gasteiger partial charge in [-0.1, -0.05) is 25.5 Å². The van der Waals surface area contributed by atoms with Crippen molar-refractivity contribution in [2.24, 2.45) is 5.41 Å². The van der Waals surface area contributed by atoms with Crippen molar-refractivity contribution in [3.63, 3.8) is 0 Å². The minimum Gasteiger partial charge on any atom is -0.396 e. The van der Waals surface area contributed by atoms with Gasteiger partial charge in [0.15, 0.2) is 0 Å². The van der Waals surface area contributed by atoms with E-state index in [4.69, 9.17) is 0 Å². The highest BCUT2D eigenvalue weighted by molar-refractivity contribution is 5.75. The number of fused-ring (bicyclic) bond motifs is 1. The van der Waals surface area contributed by atoms with Gasteiger partial charge in [0.2, 0.25) is 0 Å². The molecule has 1 aliphatic heterocycles. The van der Waals surface area contributed by atoms with Crippen LogP contribution in [0.15, 0.2) is 30.5 Å². The maximum atomic E-state index is 10.5. The number of benzene rings is 1. The molecule has 2 heterocycles. The van der Waals surface area contributed by atoms with Gasteiger partial charge >= 0.3 is 0 Å². The third-order valence-corrected chi connectivity index (χ3v) is 4.80. The van der Waals surface area contributed by atoms with Crippen molar-refractivity contribution in [3.8, 4) is 0 Å². The smallest absolute Gasteiger partial charge is 0.147 e. The fourth-order valence-electron chi connectivity index (χ4n) is 3.38. The van der Waals surface area contributed by atoms with E-state index in [1.54, 1.807) is 6.20 Å². The quantitative estimate of drug-likeness (QED) is 0.903. The predicted octanol–water partition coefficient (Wildman–Crippen LogP) is 1.98. The largest absolute Gasteiger partial charge is 0.396 e. The molecule has 2 N–H and O–H groups in total. The Morgan fingerprint density at radius 2 is 2.09 bits per heavy atom. The van der Waals surface area contributed by atoms with E-state index in [1.807, 2.05) is 24.3 Å². The molecule has 1 saturated heterocycles. The van der Waals surface area contributed by atoms with Crippen LogP contribution in [0.25, 0.3) is 11.0 Å². The number of nitrogens with zero attached hydrogens (tertiary/aromatic N) is 3. The van der Waals surface area contributed by atoms with Crippen molar-refractivity contribution in [3.05, 3.63) is 30.5 Å². The summed E-state index contributed by atoms with van der Waals surface area (Å²) in [7, 11) is 0. The molecule has 5 heteroatoms. The van der Waals surface area contributed by atoms with Crippen LogP contribution in [0.1, 0.15) is 26.2 Å². The number of β-amino-alcohol motifs (C(OH)–C–C–N with tert-alkyl or cyclic N) is 1. The van der Waals surface area contributed by atoms with E-state index in [-0.39, 0.29) is 12.0 Å². The van der Waals surface area contributed by atoms with Crippen molar-refractivity contribution >= 4 is 16.9 Å². The van der Waals surface area contributed by atoms with Crippen LogP contribution in [-0.4, -0.2) is 46.0 Å². The van der Waals surface area contributed by atoms with E-state index in [2.05, 4.69) is 21.8 Å². The van der Waals surface area contributed by atoms with Crippen LogP contribution < -0.4 is 4.90 Å². The average Bonchev–Trinajstić information content (AvgIpc) is 2.56. The number of hydrogen-bond donors (Lipinski definition) is 2. The lowest BCUT2D eigenvalue weighted by atomic mass is 9.73. The molecule has 1 aromatic heterocycles. The fourth-order valence-corrected chi connectivity index (χ4v) is 3.38. The van der Waals surface area contributed by atoms with Crippen LogP contribution in [0.2, 0.25) is 0 Å². The molecule has 1 fully saturated rings. The van der Waals surface area contributed by atoms with E-state index in [9.17, 15) is 10.2 Å². The fraction of sp³-hybridized carbons (Fsp3) is 0.529. The monoisotopic (exact) mass is 301 g/mol. The van der Waals surface area contributed by atoms with Crippen LogP contribution in [0, 0.1) is 5.41 Å². The summed E-state index contributed by atoms with van der Waals surface area (Å²) in [6.45, 7) is 3.41. The van der Waals surface area contributed by atoms with Crippen molar-refractivity contribution < 1.29 is 10.2 Å². The molecular weight excluding hydrogens is 278 g/mol. The van der Waals surface area contributed by atoms with E-state index >= 15 is 0 Å². The Labute approximate surface area is 130 Å². The SMILES string of the molecule is CCC[C@]1(CO)CCN(c2cnc3ccccc3n2)C[C@H]1O. The van der Waals surface area contributed by atoms with Crippen molar-refractivity contribution in [2.45, 2.75) is 32.3 Å². The second-order valence-corrected chi connectivity index (χ2v) is 6.20. The standard InChI is InChI=1S/C17H23N3O2/c1-2-7-17(12-21)8-9-20(11-15(17)22)16-10-18-13-5-3-4-6-14(13)19-16/h3-6,10,15,21-22H,2,7-9,11-12H2,1H3/t15-,17-/m1/s1. The molecule has 0 bridgehead atoms. The zero-order valence-electron chi connectivity index (χ0n) is 12.9. The second kappa shape index (κ2) is 6.18. The van der Waals surface area contributed by atoms with Crippen LogP contribution in [0.4, 0.5) is 5.82 Å². The maximum absolute atomic E-state index is 10.5. The Morgan fingerprint density at radius 3 is 2.77 bits per heavy atom. The predicted molar refractivity (Wildman–Crippen MR) is 86.8 cm³/mol. The lowest BCUT2D eigenvalue weighted by Crippen LogP contribution is -2.53. The Balaban J connectivity index is 1.81. The number of aromatic nitrogens is 2. The Kier molecular flexibility index (Phi) is 4.27. The number of hydrogen-bond acceptors (Lipinski definition) is 5. The molecule has 1 aromatic carbocycles. The molecule has 118 valence electrons. The van der Waals surface area contributed by atoms with Gasteiger partial charge in [0.1, 0.15) is 5.82 Å². The third kappa shape index (κ3) is 2.66. The van der Waals surface area contributed by atoms with Crippen LogP contribution in [0.5, 0.6) is 0 Å². The molecule has 3 rings (SSSR count). The first kappa shape index (κ1) is 15.2. The molecule has 22 heavy (non-hydrogen) atoms. The molecule has 0 spiro atoms. The van der Waals surface area contributed by atoms with Crippen LogP contribution in [-0.2, 0) is 0 Å². The van der Waals surface area contributed by atoms with Crippen molar-refractivity contribution in [1.29, 1.82) is 0 Å². The first-order chi connectivity index (χ1) is 10.7. The van der Waals surface area contributed by atoms with Gasteiger partial charge in [-0.15, -0.1) is 0 Å². The van der Waals surface area contributed by atoms with E-state index in [1.165, 1.54) is 0 Å². The van der Waals surface area contributed by atoms with Crippen LogP contribution in [0.3, 0.4) is 0 Å². The number of aliphatic hydroxyl groups excluding tert-OH is 2. The van der Waals surface area contributed by atoms with Gasteiger partial charge in [0, 0.05) is 18.5 Å². The Bertz CT molecular complexity index is 649. The van der Waals surface area contributed by atoms with Gasteiger partial charge < -0.3 is 15.1 Å². The minimum atomic E-state index is -0.542. The topological polar surface area (TPSA) is 69.5 Å². The van der Waals surface area contributed by atoms with E-state index in [0.717, 1.165) is 42.7 Å². The van der Waals surface area contributed by atoms with Gasteiger partial charge in [0.25, 0.3) is 0 Å². The zero-order valence-corrected chi connectivity index (χ0v) is 12.9. The van der Waals surface area contributed by atoms with Gasteiger partial charge in [-0.2, -0.15) is 0 Å². The third-order valence-electron chi connectivity index (χ3n) is 4.80. The van der Waals surface area contributed by atoms with Gasteiger partial charge in [-0.3, -0.25) is 4.98 Å². The van der Waals surface area contributed by atoms with Gasteiger partial charge in [-0.05, 0) is 25.0 Å². The molecule has 5 nitrogen and oxygen atoms in total. The molecular formula is C17H23N3O2. The summed E-state index contributed by atoms with van der Waals surface area (Å²) >= 11 is 0. The Morgan fingerprint density at radius 1 is 1.32 bits per heavy atom. The maximum Gasteiger partial charge on any atom is 0.147 e. The summed E-state index contributed by atoms with van der Waals surface area (Å²) in [6, 6.07) is 7.78. The van der Waals surface area contributed by atoms with E-state index in [0.29, 0.717) is 6.54 Å². The zero-order chi connectivity index (χ0) is 15.6. The van der Waals surface area contributed by atoms with Crippen LogP contribution >= 0.6 is 0 Å². The highest BCUT2D eigenvalue weighted by Gasteiger charge is 2.41. The summed E-state index contributed by atoms with van der Waals surface area (Å²) in [5, 5.41) is 20.3. The number of aliphatic hydroxyl groups is 2. The van der Waals surface area contributed by atoms with Gasteiger partial charge in [0.05, 0.1) is 29.9 Å². The number of piperidine rings is 1. The molecule has 0 saturated carbocycles. The molecule has 0 unspecified atom stereocenters. The highest BCUT2D eigenvalue weighted by atomic mass is 16.3. The first-order valence-corrected chi connectivity index (χ1v) is 7.94. The summed E-state index contributed by atoms with van der Waals surface area (Å²) in [5.74, 6) is 0.792. The van der Waals surface area contributed by atoms with Crippen molar-refractivity contribution in [2.75, 3.05) is 24.6 Å². The number of anilines is 1. The lowest BCUT2D eigenvalue weighted by molar-refractivity contribution is -0.0372. The molecule has 0 aliphatic carbocycles. The summed E-state index contributed by atoms with van der Waals surface area (Å²) < 4.78 is 0. The number of rotatable bonds is 4. The summed E-state index contributed by atoms with van der Waals surface area (Å²) in [4.78, 5) is 11.1. The first-order valence-electron chi connectivity index (χ1n) is 7.94. The van der Waals surface area contributed by atoms with Crippen molar-refractivity contribution in [1.82, 2.24) is 9.97 Å². The summed E-state index contributed by atoms with van der Waals surface area (Å²) in [5.41, 5.74) is 1.37. The molecule has 0 radical (unpaired) electrons. The average molecular weight is 301 g/mol. The minimum absolute atomic E-state index is 0.0409. The highest BCUT2D eigenvalue weighted by Crippen LogP contribution is 2.37. The van der Waals surface area contributed by atoms with Gasteiger partial charge in [-0.25, -0.2) is 4.98 Å². The molecule has 1 aliphatic rings. The second-order valence-electron chi connectivity index (χ2n) is 6.20. The molecule has 0 amide bonds. The normalized spacial score (nSPS) is 25.6. The summed E-state index contributed by atoms with van der Waals surface area (Å²) in [6.07, 6.45) is 3.81. The molecule has 2 aromatic rings. The number of para-hydroxylation sites is 2. The van der Waals surface area contributed by atoms with E-state index < -0.39 is 6.10 Å². The Hall–Kier alpha value is -1.72. The molecule has 2 atom stereocenters. The lowest BCUT2D eigenvalue weighted by Gasteiger charge is -2.45.